The largest absolute Gasteiger partial charge is 0.512 e. The molecule has 1 aliphatic carbocycles. The van der Waals surface area contributed by atoms with Crippen molar-refractivity contribution < 1.29 is 9.90 Å². The zero-order chi connectivity index (χ0) is 10.1. The molecule has 3 N–H and O–H groups in total. The van der Waals surface area contributed by atoms with Crippen molar-refractivity contribution in [2.75, 3.05) is 6.54 Å². The molecule has 14 heavy (non-hydrogen) atoms. The van der Waals surface area contributed by atoms with E-state index in [4.69, 9.17) is 0 Å². The van der Waals surface area contributed by atoms with Crippen LogP contribution in [0.5, 0.6) is 0 Å². The van der Waals surface area contributed by atoms with Crippen LogP contribution in [0.1, 0.15) is 0 Å². The topological polar surface area (TPSA) is 73.7 Å². The van der Waals surface area contributed by atoms with Gasteiger partial charge in [0.15, 0.2) is 0 Å². The van der Waals surface area contributed by atoms with E-state index in [2.05, 4.69) is 22.6 Å². The van der Waals surface area contributed by atoms with E-state index in [1.54, 1.807) is 12.2 Å². The van der Waals surface area contributed by atoms with Crippen LogP contribution in [0.25, 0.3) is 0 Å². The number of carbonyl (C=O) groups excluding carboxylic acids is 1. The standard InChI is InChI=1S/C9H11N3O2/c1-10-6-2-3-7(13)5-4-11-12-9(14)8(5)6/h2-3,5,8,11,13H,1,4H2,(H,12,14)/t5-,8-/m0/s1. The molecule has 0 unspecified atom stereocenters. The number of aliphatic imine (C=N–C) groups is 1. The maximum absolute atomic E-state index is 11.5. The summed E-state index contributed by atoms with van der Waals surface area (Å²) < 4.78 is 0. The first-order valence-electron chi connectivity index (χ1n) is 4.34. The van der Waals surface area contributed by atoms with Gasteiger partial charge in [-0.2, -0.15) is 0 Å². The number of nitrogens with one attached hydrogen (secondary N) is 2. The van der Waals surface area contributed by atoms with Crippen molar-refractivity contribution in [1.82, 2.24) is 10.9 Å². The van der Waals surface area contributed by atoms with Gasteiger partial charge in [-0.3, -0.25) is 15.2 Å². The fourth-order valence-electron chi connectivity index (χ4n) is 1.79. The van der Waals surface area contributed by atoms with E-state index in [0.29, 0.717) is 12.2 Å². The van der Waals surface area contributed by atoms with E-state index in [9.17, 15) is 9.90 Å². The molecule has 1 fully saturated rings. The molecule has 2 atom stereocenters. The summed E-state index contributed by atoms with van der Waals surface area (Å²) in [7, 11) is 0. The molecule has 0 spiro atoms. The summed E-state index contributed by atoms with van der Waals surface area (Å²) in [6.45, 7) is 3.91. The first kappa shape index (κ1) is 8.96. The number of allylic oxidation sites excluding steroid dienone is 2. The Kier molecular flexibility index (Phi) is 2.09. The van der Waals surface area contributed by atoms with Crippen LogP contribution >= 0.6 is 0 Å². The number of fused-ring (bicyclic) bond motifs is 1. The van der Waals surface area contributed by atoms with Crippen molar-refractivity contribution in [2.45, 2.75) is 0 Å². The van der Waals surface area contributed by atoms with Gasteiger partial charge >= 0.3 is 0 Å². The summed E-state index contributed by atoms with van der Waals surface area (Å²) in [4.78, 5) is 15.3. The van der Waals surface area contributed by atoms with Crippen molar-refractivity contribution in [3.05, 3.63) is 23.6 Å². The predicted molar refractivity (Wildman–Crippen MR) is 51.5 cm³/mol. The molecule has 5 nitrogen and oxygen atoms in total. The van der Waals surface area contributed by atoms with Gasteiger partial charge in [0, 0.05) is 12.5 Å². The van der Waals surface area contributed by atoms with E-state index >= 15 is 0 Å². The van der Waals surface area contributed by atoms with Crippen molar-refractivity contribution in [3.63, 3.8) is 0 Å². The van der Waals surface area contributed by atoms with Crippen molar-refractivity contribution in [3.8, 4) is 0 Å². The average Bonchev–Trinajstić information content (AvgIpc) is 2.20. The number of hydrogen-bond donors (Lipinski definition) is 3. The van der Waals surface area contributed by atoms with Crippen molar-refractivity contribution >= 4 is 12.6 Å². The van der Waals surface area contributed by atoms with Gasteiger partial charge < -0.3 is 5.11 Å². The highest BCUT2D eigenvalue weighted by Gasteiger charge is 2.38. The van der Waals surface area contributed by atoms with Gasteiger partial charge in [-0.1, -0.05) is 0 Å². The molecule has 0 radical (unpaired) electrons. The maximum atomic E-state index is 11.5. The molecule has 1 heterocycles. The van der Waals surface area contributed by atoms with E-state index in [1.165, 1.54) is 0 Å². The number of rotatable bonds is 1. The lowest BCUT2D eigenvalue weighted by Gasteiger charge is -2.32. The lowest BCUT2D eigenvalue weighted by molar-refractivity contribution is -0.128. The van der Waals surface area contributed by atoms with Crippen molar-refractivity contribution in [1.29, 1.82) is 0 Å². The molecule has 0 aromatic carbocycles. The second-order valence-electron chi connectivity index (χ2n) is 3.30. The third-order valence-electron chi connectivity index (χ3n) is 2.52. The molecule has 0 aromatic heterocycles. The van der Waals surface area contributed by atoms with Gasteiger partial charge in [0.1, 0.15) is 0 Å². The molecule has 5 heteroatoms. The number of carbonyl (C=O) groups is 1. The fraction of sp³-hybridized carbons (Fsp3) is 0.333. The van der Waals surface area contributed by atoms with Crippen LogP contribution in [0.15, 0.2) is 28.6 Å². The van der Waals surface area contributed by atoms with E-state index < -0.39 is 5.92 Å². The SMILES string of the molecule is C=NC1=CC=C(O)[C@@H]2CNNC(=O)[C@H]12. The highest BCUT2D eigenvalue weighted by Crippen LogP contribution is 2.31. The fourth-order valence-corrected chi connectivity index (χ4v) is 1.79. The summed E-state index contributed by atoms with van der Waals surface area (Å²) in [6.07, 6.45) is 3.18. The normalized spacial score (nSPS) is 31.0. The van der Waals surface area contributed by atoms with Crippen LogP contribution in [0.2, 0.25) is 0 Å². The third-order valence-corrected chi connectivity index (χ3v) is 2.52. The number of aliphatic hydroxyl groups is 1. The molecule has 74 valence electrons. The van der Waals surface area contributed by atoms with Gasteiger partial charge in [-0.25, -0.2) is 5.43 Å². The Labute approximate surface area is 81.2 Å². The second-order valence-corrected chi connectivity index (χ2v) is 3.30. The predicted octanol–water partition coefficient (Wildman–Crippen LogP) is -0.107. The maximum Gasteiger partial charge on any atom is 0.244 e. The Morgan fingerprint density at radius 3 is 3.07 bits per heavy atom. The molecule has 1 aliphatic heterocycles. The molecule has 2 aliphatic rings. The van der Waals surface area contributed by atoms with E-state index in [1.807, 2.05) is 0 Å². The van der Waals surface area contributed by atoms with Crippen molar-refractivity contribution in [2.24, 2.45) is 16.8 Å². The third kappa shape index (κ3) is 1.22. The van der Waals surface area contributed by atoms with Crippen LogP contribution in [0.4, 0.5) is 0 Å². The van der Waals surface area contributed by atoms with E-state index in [0.717, 1.165) is 0 Å². The molecule has 0 saturated carbocycles. The Hall–Kier alpha value is -1.62. The van der Waals surface area contributed by atoms with Gasteiger partial charge in [0.25, 0.3) is 0 Å². The summed E-state index contributed by atoms with van der Waals surface area (Å²) in [5, 5.41) is 9.57. The molecule has 0 bridgehead atoms. The highest BCUT2D eigenvalue weighted by molar-refractivity contribution is 5.83. The Morgan fingerprint density at radius 2 is 2.36 bits per heavy atom. The summed E-state index contributed by atoms with van der Waals surface area (Å²) in [6, 6.07) is 0. The number of hydrogen-bond acceptors (Lipinski definition) is 4. The zero-order valence-corrected chi connectivity index (χ0v) is 7.53. The second kappa shape index (κ2) is 3.26. The lowest BCUT2D eigenvalue weighted by Crippen LogP contribution is -2.54. The first-order valence-corrected chi connectivity index (χ1v) is 4.34. The average molecular weight is 193 g/mol. The molecule has 1 saturated heterocycles. The molecular formula is C9H11N3O2. The number of aliphatic hydroxyl groups excluding tert-OH is 1. The van der Waals surface area contributed by atoms with Crippen LogP contribution in [-0.4, -0.2) is 24.3 Å². The highest BCUT2D eigenvalue weighted by atomic mass is 16.3. The Bertz CT molecular complexity index is 346. The number of hydrazine groups is 1. The number of amides is 1. The zero-order valence-electron chi connectivity index (χ0n) is 7.53. The van der Waals surface area contributed by atoms with Crippen LogP contribution < -0.4 is 10.9 Å². The Morgan fingerprint density at radius 1 is 1.57 bits per heavy atom. The summed E-state index contributed by atoms with van der Waals surface area (Å²) in [5.41, 5.74) is 5.83. The van der Waals surface area contributed by atoms with Gasteiger partial charge in [0.05, 0.1) is 17.4 Å². The Balaban J connectivity index is 2.37. The summed E-state index contributed by atoms with van der Waals surface area (Å²) >= 11 is 0. The smallest absolute Gasteiger partial charge is 0.244 e. The van der Waals surface area contributed by atoms with Crippen LogP contribution in [-0.2, 0) is 4.79 Å². The van der Waals surface area contributed by atoms with Gasteiger partial charge in [-0.05, 0) is 18.9 Å². The molecule has 2 rings (SSSR count). The monoisotopic (exact) mass is 193 g/mol. The lowest BCUT2D eigenvalue weighted by atomic mass is 9.82. The minimum Gasteiger partial charge on any atom is -0.512 e. The van der Waals surface area contributed by atoms with Crippen LogP contribution in [0, 0.1) is 11.8 Å². The van der Waals surface area contributed by atoms with E-state index in [-0.39, 0.29) is 17.6 Å². The quantitative estimate of drug-likeness (QED) is 0.509. The minimum atomic E-state index is -0.418. The van der Waals surface area contributed by atoms with Gasteiger partial charge in [-0.15, -0.1) is 0 Å². The molecular weight excluding hydrogens is 182 g/mol. The summed E-state index contributed by atoms with van der Waals surface area (Å²) in [5.74, 6) is -0.614. The number of nitrogens with zero attached hydrogens (tertiary/aromatic N) is 1. The molecule has 0 aromatic rings. The minimum absolute atomic E-state index is 0.181. The van der Waals surface area contributed by atoms with Gasteiger partial charge in [0.2, 0.25) is 5.91 Å². The van der Waals surface area contributed by atoms with Crippen LogP contribution in [0.3, 0.4) is 0 Å². The first-order chi connectivity index (χ1) is 6.74. The molecule has 1 amide bonds.